The molecule has 1 unspecified atom stereocenters. The lowest BCUT2D eigenvalue weighted by molar-refractivity contribution is -0.157. The van der Waals surface area contributed by atoms with E-state index in [-0.39, 0.29) is 18.0 Å². The number of hydrogen-bond donors (Lipinski definition) is 1. The Morgan fingerprint density at radius 1 is 1.45 bits per heavy atom. The first kappa shape index (κ1) is 13.3. The summed E-state index contributed by atoms with van der Waals surface area (Å²) in [6.07, 6.45) is -0.722. The molecule has 0 aliphatic carbocycles. The standard InChI is InChI=1S/C7H14O3.ClH/c1-5(6(8)9)10-7(2,3)4;/h5H,1-4H3,(H,8,9);1H. The van der Waals surface area contributed by atoms with Crippen LogP contribution in [0.3, 0.4) is 0 Å². The van der Waals surface area contributed by atoms with Crippen LogP contribution < -0.4 is 0 Å². The number of rotatable bonds is 2. The number of ether oxygens (including phenoxy) is 1. The lowest BCUT2D eigenvalue weighted by atomic mass is 10.2. The van der Waals surface area contributed by atoms with E-state index in [1.54, 1.807) is 0 Å². The summed E-state index contributed by atoms with van der Waals surface area (Å²) >= 11 is 0. The molecular formula is C7H15ClO3. The molecule has 0 aliphatic rings. The number of hydrogen-bond acceptors (Lipinski definition) is 2. The molecule has 0 bridgehead atoms. The van der Waals surface area contributed by atoms with Crippen molar-refractivity contribution in [2.24, 2.45) is 0 Å². The van der Waals surface area contributed by atoms with Crippen molar-refractivity contribution in [3.8, 4) is 0 Å². The van der Waals surface area contributed by atoms with Crippen LogP contribution in [0.25, 0.3) is 0 Å². The van der Waals surface area contributed by atoms with E-state index in [9.17, 15) is 4.79 Å². The fourth-order valence-corrected chi connectivity index (χ4v) is 0.581. The van der Waals surface area contributed by atoms with Gasteiger partial charge in [-0.2, -0.15) is 0 Å². The van der Waals surface area contributed by atoms with Gasteiger partial charge in [0.15, 0.2) is 6.10 Å². The number of aliphatic carboxylic acids is 1. The van der Waals surface area contributed by atoms with Gasteiger partial charge in [0.25, 0.3) is 0 Å². The van der Waals surface area contributed by atoms with E-state index in [2.05, 4.69) is 0 Å². The van der Waals surface area contributed by atoms with Crippen LogP contribution in [0, 0.1) is 0 Å². The van der Waals surface area contributed by atoms with Crippen molar-refractivity contribution in [2.75, 3.05) is 0 Å². The molecule has 1 N–H and O–H groups in total. The molecule has 0 aromatic rings. The first-order chi connectivity index (χ1) is 4.33. The fourth-order valence-electron chi connectivity index (χ4n) is 0.581. The number of carboxylic acids is 1. The van der Waals surface area contributed by atoms with Gasteiger partial charge in [0, 0.05) is 0 Å². The molecule has 0 aromatic heterocycles. The zero-order valence-corrected chi connectivity index (χ0v) is 8.07. The predicted molar refractivity (Wildman–Crippen MR) is 45.2 cm³/mol. The summed E-state index contributed by atoms with van der Waals surface area (Å²) in [5.41, 5.74) is -0.377. The van der Waals surface area contributed by atoms with Crippen LogP contribution in [0.2, 0.25) is 0 Å². The van der Waals surface area contributed by atoms with E-state index in [1.807, 2.05) is 20.8 Å². The summed E-state index contributed by atoms with van der Waals surface area (Å²) in [5, 5.41) is 8.42. The smallest absolute Gasteiger partial charge is 0.332 e. The maximum Gasteiger partial charge on any atom is 0.332 e. The summed E-state index contributed by atoms with van der Waals surface area (Å²) in [6.45, 7) is 7.00. The molecule has 0 aromatic carbocycles. The van der Waals surface area contributed by atoms with Gasteiger partial charge < -0.3 is 9.84 Å². The largest absolute Gasteiger partial charge is 0.479 e. The molecule has 0 amide bonds. The first-order valence-electron chi connectivity index (χ1n) is 3.23. The molecule has 0 radical (unpaired) electrons. The Bertz CT molecular complexity index is 128. The second kappa shape index (κ2) is 4.57. The Kier molecular flexibility index (Phi) is 5.53. The Labute approximate surface area is 73.2 Å². The molecule has 0 spiro atoms. The summed E-state index contributed by atoms with van der Waals surface area (Å²) in [7, 11) is 0. The van der Waals surface area contributed by atoms with Crippen LogP contribution >= 0.6 is 12.4 Å². The summed E-state index contributed by atoms with van der Waals surface area (Å²) < 4.78 is 5.10. The van der Waals surface area contributed by atoms with Gasteiger partial charge in [-0.3, -0.25) is 0 Å². The lowest BCUT2D eigenvalue weighted by Crippen LogP contribution is -2.30. The third-order valence-corrected chi connectivity index (χ3v) is 0.878. The molecule has 0 saturated heterocycles. The predicted octanol–water partition coefficient (Wildman–Crippen LogP) is 1.70. The van der Waals surface area contributed by atoms with Gasteiger partial charge in [-0.05, 0) is 27.7 Å². The highest BCUT2D eigenvalue weighted by atomic mass is 35.5. The minimum Gasteiger partial charge on any atom is -0.479 e. The third kappa shape index (κ3) is 7.62. The van der Waals surface area contributed by atoms with Gasteiger partial charge in [0.05, 0.1) is 5.60 Å². The SMILES string of the molecule is CC(OC(C)(C)C)C(=O)O.Cl. The Hall–Kier alpha value is -0.280. The molecule has 0 saturated carbocycles. The molecule has 3 nitrogen and oxygen atoms in total. The van der Waals surface area contributed by atoms with Crippen LogP contribution in [0.1, 0.15) is 27.7 Å². The Balaban J connectivity index is 0. The molecule has 11 heavy (non-hydrogen) atoms. The minimum atomic E-state index is -0.921. The quantitative estimate of drug-likeness (QED) is 0.707. The molecule has 0 fully saturated rings. The summed E-state index contributed by atoms with van der Waals surface area (Å²) in [6, 6.07) is 0. The second-order valence-electron chi connectivity index (χ2n) is 3.21. The number of carboxylic acid groups (broad SMARTS) is 1. The van der Waals surface area contributed by atoms with Crippen LogP contribution in [0.15, 0.2) is 0 Å². The normalized spacial score (nSPS) is 13.5. The van der Waals surface area contributed by atoms with E-state index in [4.69, 9.17) is 9.84 Å². The van der Waals surface area contributed by atoms with Crippen molar-refractivity contribution >= 4 is 18.4 Å². The van der Waals surface area contributed by atoms with Crippen LogP contribution in [-0.4, -0.2) is 22.8 Å². The molecule has 1 atom stereocenters. The fraction of sp³-hybridized carbons (Fsp3) is 0.857. The second-order valence-corrected chi connectivity index (χ2v) is 3.21. The van der Waals surface area contributed by atoms with Gasteiger partial charge in [-0.15, -0.1) is 12.4 Å². The molecule has 68 valence electrons. The van der Waals surface area contributed by atoms with Crippen LogP contribution in [0.5, 0.6) is 0 Å². The summed E-state index contributed by atoms with van der Waals surface area (Å²) in [4.78, 5) is 10.3. The average molecular weight is 183 g/mol. The van der Waals surface area contributed by atoms with Crippen molar-refractivity contribution in [2.45, 2.75) is 39.4 Å². The van der Waals surface area contributed by atoms with E-state index in [0.29, 0.717) is 0 Å². The van der Waals surface area contributed by atoms with Crippen molar-refractivity contribution < 1.29 is 14.6 Å². The maximum atomic E-state index is 10.3. The van der Waals surface area contributed by atoms with Crippen LogP contribution in [0.4, 0.5) is 0 Å². The molecular weight excluding hydrogens is 168 g/mol. The van der Waals surface area contributed by atoms with E-state index < -0.39 is 12.1 Å². The molecule has 0 aliphatic heterocycles. The van der Waals surface area contributed by atoms with E-state index in [0.717, 1.165) is 0 Å². The highest BCUT2D eigenvalue weighted by Gasteiger charge is 2.19. The third-order valence-electron chi connectivity index (χ3n) is 0.878. The van der Waals surface area contributed by atoms with Gasteiger partial charge in [0.2, 0.25) is 0 Å². The van der Waals surface area contributed by atoms with Gasteiger partial charge in [-0.25, -0.2) is 4.79 Å². The van der Waals surface area contributed by atoms with Crippen molar-refractivity contribution in [1.29, 1.82) is 0 Å². The zero-order valence-electron chi connectivity index (χ0n) is 7.25. The Morgan fingerprint density at radius 2 is 1.82 bits per heavy atom. The lowest BCUT2D eigenvalue weighted by Gasteiger charge is -2.22. The van der Waals surface area contributed by atoms with Crippen molar-refractivity contribution in [3.63, 3.8) is 0 Å². The number of carbonyl (C=O) groups is 1. The first-order valence-corrected chi connectivity index (χ1v) is 3.23. The average Bonchev–Trinajstić information content (AvgIpc) is 1.60. The Morgan fingerprint density at radius 3 is 1.91 bits per heavy atom. The van der Waals surface area contributed by atoms with Crippen molar-refractivity contribution in [1.82, 2.24) is 0 Å². The number of halogens is 1. The van der Waals surface area contributed by atoms with Gasteiger partial charge >= 0.3 is 5.97 Å². The highest BCUT2D eigenvalue weighted by Crippen LogP contribution is 2.09. The minimum absolute atomic E-state index is 0. The summed E-state index contributed by atoms with van der Waals surface area (Å²) in [5.74, 6) is -0.921. The van der Waals surface area contributed by atoms with Crippen LogP contribution in [-0.2, 0) is 9.53 Å². The van der Waals surface area contributed by atoms with E-state index >= 15 is 0 Å². The molecule has 0 rings (SSSR count). The highest BCUT2D eigenvalue weighted by molar-refractivity contribution is 5.85. The van der Waals surface area contributed by atoms with Gasteiger partial charge in [-0.1, -0.05) is 0 Å². The van der Waals surface area contributed by atoms with E-state index in [1.165, 1.54) is 6.92 Å². The zero-order chi connectivity index (χ0) is 8.36. The molecule has 0 heterocycles. The van der Waals surface area contributed by atoms with Gasteiger partial charge in [0.1, 0.15) is 0 Å². The molecule has 4 heteroatoms. The monoisotopic (exact) mass is 182 g/mol. The topological polar surface area (TPSA) is 46.5 Å². The van der Waals surface area contributed by atoms with Crippen molar-refractivity contribution in [3.05, 3.63) is 0 Å². The maximum absolute atomic E-state index is 10.3.